The molecule has 0 radical (unpaired) electrons. The second-order valence-electron chi connectivity index (χ2n) is 8.34. The molecule has 2 aromatic carbocycles. The molecule has 4 rings (SSSR count). The monoisotopic (exact) mass is 394 g/mol. The van der Waals surface area contributed by atoms with Crippen LogP contribution in [-0.4, -0.2) is 30.8 Å². The molecule has 0 amide bonds. The molecule has 4 nitrogen and oxygen atoms in total. The highest BCUT2D eigenvalue weighted by Gasteiger charge is 2.20. The fraction of sp³-hybridized carbons (Fsp3) is 0.375. The van der Waals surface area contributed by atoms with Crippen molar-refractivity contribution in [3.05, 3.63) is 54.1 Å². The molecule has 2 heterocycles. The van der Waals surface area contributed by atoms with Crippen molar-refractivity contribution in [3.8, 4) is 17.0 Å². The minimum absolute atomic E-state index is 0.0159. The van der Waals surface area contributed by atoms with E-state index in [9.17, 15) is 4.53 Å². The van der Waals surface area contributed by atoms with Crippen LogP contribution in [0.15, 0.2) is 48.5 Å². The molecule has 3 aromatic rings. The quantitative estimate of drug-likeness (QED) is 0.534. The lowest BCUT2D eigenvalue weighted by atomic mass is 9.98. The van der Waals surface area contributed by atoms with Gasteiger partial charge in [0.2, 0.25) is 0 Å². The summed E-state index contributed by atoms with van der Waals surface area (Å²) >= 11 is 0. The molecule has 0 saturated heterocycles. The minimum atomic E-state index is -0.510. The van der Waals surface area contributed by atoms with Crippen LogP contribution in [-0.2, 0) is 11.4 Å². The zero-order valence-electron chi connectivity index (χ0n) is 17.2. The van der Waals surface area contributed by atoms with Crippen molar-refractivity contribution in [1.29, 1.82) is 0 Å². The number of aryl methyl sites for hydroxylation is 1. The second kappa shape index (κ2) is 7.99. The van der Waals surface area contributed by atoms with Gasteiger partial charge in [0.05, 0.1) is 17.8 Å². The predicted molar refractivity (Wildman–Crippen MR) is 115 cm³/mol. The van der Waals surface area contributed by atoms with Crippen molar-refractivity contribution in [1.82, 2.24) is 4.98 Å². The van der Waals surface area contributed by atoms with Crippen LogP contribution in [0.1, 0.15) is 32.3 Å². The van der Waals surface area contributed by atoms with Gasteiger partial charge in [-0.15, -0.1) is 0 Å². The molecule has 1 aliphatic heterocycles. The van der Waals surface area contributed by atoms with Crippen LogP contribution >= 0.6 is 0 Å². The van der Waals surface area contributed by atoms with Crippen molar-refractivity contribution in [3.63, 3.8) is 0 Å². The standard InChI is InChI=1S/C24H27FN2O2/c1-24(2,12-14-28-25)29-20-8-10-22-18(16-20)6-9-21(26-22)17-7-11-23-19(15-17)5-4-13-27(23)3/h6-11,15-16H,4-5,12-14H2,1-3H3. The number of benzene rings is 2. The average Bonchev–Trinajstić information content (AvgIpc) is 2.71. The first kappa shape index (κ1) is 19.6. The smallest absolute Gasteiger partial charge is 0.120 e. The zero-order chi connectivity index (χ0) is 20.4. The first-order valence-electron chi connectivity index (χ1n) is 10.1. The molecule has 0 N–H and O–H groups in total. The van der Waals surface area contributed by atoms with E-state index < -0.39 is 5.60 Å². The fourth-order valence-electron chi connectivity index (χ4n) is 3.93. The Bertz CT molecular complexity index is 1020. The van der Waals surface area contributed by atoms with Gasteiger partial charge in [-0.2, -0.15) is 4.94 Å². The van der Waals surface area contributed by atoms with E-state index >= 15 is 0 Å². The van der Waals surface area contributed by atoms with Crippen molar-refractivity contribution >= 4 is 16.6 Å². The van der Waals surface area contributed by atoms with E-state index in [0.29, 0.717) is 6.42 Å². The molecule has 0 aliphatic carbocycles. The molecule has 5 heteroatoms. The minimum Gasteiger partial charge on any atom is -0.488 e. The summed E-state index contributed by atoms with van der Waals surface area (Å²) in [5.74, 6) is 0.743. The van der Waals surface area contributed by atoms with E-state index in [4.69, 9.17) is 9.72 Å². The Kier molecular flexibility index (Phi) is 5.41. The molecule has 0 fully saturated rings. The molecule has 29 heavy (non-hydrogen) atoms. The van der Waals surface area contributed by atoms with Crippen LogP contribution in [0.3, 0.4) is 0 Å². The molecule has 1 aliphatic rings. The van der Waals surface area contributed by atoms with Gasteiger partial charge in [0, 0.05) is 36.7 Å². The molecule has 152 valence electrons. The van der Waals surface area contributed by atoms with Crippen molar-refractivity contribution < 1.29 is 14.2 Å². The maximum atomic E-state index is 12.0. The summed E-state index contributed by atoms with van der Waals surface area (Å²) in [5, 5.41) is 1.02. The Hall–Kier alpha value is -2.66. The van der Waals surface area contributed by atoms with Crippen LogP contribution in [0, 0.1) is 0 Å². The number of anilines is 1. The number of nitrogens with zero attached hydrogens (tertiary/aromatic N) is 2. The summed E-state index contributed by atoms with van der Waals surface area (Å²) in [6.07, 6.45) is 2.77. The first-order chi connectivity index (χ1) is 13.9. The van der Waals surface area contributed by atoms with Gasteiger partial charge in [-0.25, -0.2) is 4.98 Å². The summed E-state index contributed by atoms with van der Waals surface area (Å²) < 4.78 is 18.0. The van der Waals surface area contributed by atoms with Crippen molar-refractivity contribution in [2.75, 3.05) is 25.1 Å². The summed E-state index contributed by atoms with van der Waals surface area (Å²) in [6.45, 7) is 4.97. The lowest BCUT2D eigenvalue weighted by molar-refractivity contribution is -0.142. The Morgan fingerprint density at radius 2 is 1.97 bits per heavy atom. The van der Waals surface area contributed by atoms with E-state index in [0.717, 1.165) is 40.9 Å². The number of pyridine rings is 1. The molecule has 0 atom stereocenters. The number of ether oxygens (including phenoxy) is 1. The van der Waals surface area contributed by atoms with Crippen LogP contribution in [0.25, 0.3) is 22.2 Å². The normalized spacial score (nSPS) is 14.1. The number of aromatic nitrogens is 1. The largest absolute Gasteiger partial charge is 0.488 e. The van der Waals surface area contributed by atoms with Crippen LogP contribution < -0.4 is 9.64 Å². The number of halogens is 1. The van der Waals surface area contributed by atoms with Crippen molar-refractivity contribution in [2.45, 2.75) is 38.7 Å². The molecule has 0 saturated carbocycles. The van der Waals surface area contributed by atoms with Gasteiger partial charge < -0.3 is 9.64 Å². The van der Waals surface area contributed by atoms with E-state index in [1.165, 1.54) is 17.7 Å². The lowest BCUT2D eigenvalue weighted by Crippen LogP contribution is -2.29. The zero-order valence-corrected chi connectivity index (χ0v) is 17.2. The maximum Gasteiger partial charge on any atom is 0.120 e. The molecule has 0 unspecified atom stereocenters. The summed E-state index contributed by atoms with van der Waals surface area (Å²) in [4.78, 5) is 10.9. The molecule has 1 aromatic heterocycles. The van der Waals surface area contributed by atoms with Gasteiger partial charge in [-0.1, -0.05) is 12.1 Å². The molecule has 0 bridgehead atoms. The third-order valence-corrected chi connectivity index (χ3v) is 5.56. The Morgan fingerprint density at radius 1 is 1.10 bits per heavy atom. The topological polar surface area (TPSA) is 34.6 Å². The molecular weight excluding hydrogens is 367 g/mol. The number of hydrogen-bond donors (Lipinski definition) is 0. The second-order valence-corrected chi connectivity index (χ2v) is 8.34. The number of hydrogen-bond acceptors (Lipinski definition) is 4. The van der Waals surface area contributed by atoms with E-state index in [-0.39, 0.29) is 6.61 Å². The van der Waals surface area contributed by atoms with Crippen LogP contribution in [0.4, 0.5) is 10.2 Å². The summed E-state index contributed by atoms with van der Waals surface area (Å²) in [6, 6.07) is 16.6. The third kappa shape index (κ3) is 4.35. The highest BCUT2D eigenvalue weighted by atomic mass is 19.3. The predicted octanol–water partition coefficient (Wildman–Crippen LogP) is 5.73. The van der Waals surface area contributed by atoms with Gasteiger partial charge in [0.25, 0.3) is 0 Å². The van der Waals surface area contributed by atoms with Crippen molar-refractivity contribution in [2.24, 2.45) is 0 Å². The number of fused-ring (bicyclic) bond motifs is 2. The van der Waals surface area contributed by atoms with Gasteiger partial charge in [-0.05, 0) is 73.2 Å². The van der Waals surface area contributed by atoms with E-state index in [2.05, 4.69) is 47.2 Å². The Balaban J connectivity index is 1.59. The number of rotatable bonds is 6. The summed E-state index contributed by atoms with van der Waals surface area (Å²) in [7, 11) is 2.15. The fourth-order valence-corrected chi connectivity index (χ4v) is 3.93. The Morgan fingerprint density at radius 3 is 2.79 bits per heavy atom. The van der Waals surface area contributed by atoms with E-state index in [1.807, 2.05) is 32.0 Å². The third-order valence-electron chi connectivity index (χ3n) is 5.56. The van der Waals surface area contributed by atoms with Gasteiger partial charge in [-0.3, -0.25) is 0 Å². The van der Waals surface area contributed by atoms with Gasteiger partial charge >= 0.3 is 0 Å². The lowest BCUT2D eigenvalue weighted by Gasteiger charge is -2.27. The maximum absolute atomic E-state index is 12.0. The van der Waals surface area contributed by atoms with Crippen LogP contribution in [0.5, 0.6) is 5.75 Å². The highest BCUT2D eigenvalue weighted by Crippen LogP contribution is 2.32. The molecule has 0 spiro atoms. The Labute approximate surface area is 171 Å². The average molecular weight is 394 g/mol. The first-order valence-corrected chi connectivity index (χ1v) is 10.1. The molecular formula is C24H27FN2O2. The summed E-state index contributed by atoms with van der Waals surface area (Å²) in [5.41, 5.74) is 5.25. The van der Waals surface area contributed by atoms with E-state index in [1.54, 1.807) is 0 Å². The highest BCUT2D eigenvalue weighted by molar-refractivity contribution is 5.83. The van der Waals surface area contributed by atoms with Gasteiger partial charge in [0.1, 0.15) is 11.4 Å². The SMILES string of the molecule is CN1CCCc2cc(-c3ccc4cc(OC(C)(C)CCOF)ccc4n3)ccc21. The van der Waals surface area contributed by atoms with Gasteiger partial charge in [0.15, 0.2) is 0 Å². The van der Waals surface area contributed by atoms with Crippen LogP contribution in [0.2, 0.25) is 0 Å².